The van der Waals surface area contributed by atoms with Gasteiger partial charge < -0.3 is 18.9 Å². The van der Waals surface area contributed by atoms with Gasteiger partial charge in [0, 0.05) is 62.3 Å². The molecule has 1 unspecified atom stereocenters. The standard InChI is InChI=1S/C36H44N4.2CH4O4S/c1-6-7-8-36(40(5)35-19-15-31(16-20-35)10-12-33-23-27-38(3)28-24-33)29-39(4)34-17-13-30(14-18-34)9-11-32-21-25-37(2)26-22-32;2*1-5-6(2,3)4/h9-28,36H,6-8,29H2,1-5H3;2*1H3,(H,2,3,4)/q+2;;/p-2. The summed E-state index contributed by atoms with van der Waals surface area (Å²) >= 11 is 0. The van der Waals surface area contributed by atoms with E-state index in [1.54, 1.807) is 0 Å². The lowest BCUT2D eigenvalue weighted by atomic mass is 10.1. The molecule has 4 aromatic rings. The minimum Gasteiger partial charge on any atom is -0.726 e. The first kappa shape index (κ1) is 43.7. The quantitative estimate of drug-likeness (QED) is 0.0980. The maximum Gasteiger partial charge on any atom is 0.217 e. The average molecular weight is 755 g/mol. The third-order valence-electron chi connectivity index (χ3n) is 7.91. The first-order chi connectivity index (χ1) is 24.5. The number of hydrogen-bond acceptors (Lipinski definition) is 10. The fourth-order valence-electron chi connectivity index (χ4n) is 4.77. The number of nitrogens with zero attached hydrogens (tertiary/aromatic N) is 4. The summed E-state index contributed by atoms with van der Waals surface area (Å²) in [6.45, 7) is 3.25. The molecule has 14 heteroatoms. The summed E-state index contributed by atoms with van der Waals surface area (Å²) in [7, 11) is 1.31. The van der Waals surface area contributed by atoms with Gasteiger partial charge in [0.25, 0.3) is 0 Å². The predicted octanol–water partition coefficient (Wildman–Crippen LogP) is 4.99. The Bertz CT molecular complexity index is 1870. The summed E-state index contributed by atoms with van der Waals surface area (Å²) in [6.07, 6.45) is 20.6. The molecule has 0 aliphatic rings. The predicted molar refractivity (Wildman–Crippen MR) is 204 cm³/mol. The van der Waals surface area contributed by atoms with Gasteiger partial charge in [0.2, 0.25) is 20.8 Å². The summed E-state index contributed by atoms with van der Waals surface area (Å²) in [4.78, 5) is 4.84. The molecule has 0 aliphatic heterocycles. The highest BCUT2D eigenvalue weighted by molar-refractivity contribution is 7.81. The molecule has 12 nitrogen and oxygen atoms in total. The number of anilines is 2. The van der Waals surface area contributed by atoms with Crippen LogP contribution in [0.3, 0.4) is 0 Å². The first-order valence-corrected chi connectivity index (χ1v) is 19.1. The molecule has 2 heterocycles. The van der Waals surface area contributed by atoms with E-state index in [1.807, 2.05) is 23.2 Å². The Labute approximate surface area is 309 Å². The van der Waals surface area contributed by atoms with E-state index in [0.29, 0.717) is 6.04 Å². The van der Waals surface area contributed by atoms with Gasteiger partial charge in [-0.3, -0.25) is 8.37 Å². The molecule has 0 amide bonds. The number of aromatic nitrogens is 2. The van der Waals surface area contributed by atoms with Gasteiger partial charge in [0.05, 0.1) is 14.2 Å². The lowest BCUT2D eigenvalue weighted by molar-refractivity contribution is -0.671. The normalized spacial score (nSPS) is 12.1. The molecule has 0 radical (unpaired) electrons. The van der Waals surface area contributed by atoms with Gasteiger partial charge >= 0.3 is 0 Å². The van der Waals surface area contributed by atoms with Crippen molar-refractivity contribution in [1.29, 1.82) is 0 Å². The average Bonchev–Trinajstić information content (AvgIpc) is 3.13. The smallest absolute Gasteiger partial charge is 0.217 e. The van der Waals surface area contributed by atoms with Gasteiger partial charge in [-0.15, -0.1) is 0 Å². The fraction of sp³-hybridized carbons (Fsp3) is 0.316. The maximum absolute atomic E-state index is 9.22. The van der Waals surface area contributed by atoms with Crippen LogP contribution in [0.15, 0.2) is 97.6 Å². The summed E-state index contributed by atoms with van der Waals surface area (Å²) < 4.78 is 66.1. The Hall–Kier alpha value is -4.44. The highest BCUT2D eigenvalue weighted by atomic mass is 32.3. The largest absolute Gasteiger partial charge is 0.726 e. The van der Waals surface area contributed by atoms with Gasteiger partial charge in [0.1, 0.15) is 14.1 Å². The zero-order chi connectivity index (χ0) is 38.7. The number of benzene rings is 2. The van der Waals surface area contributed by atoms with Gasteiger partial charge in [-0.2, -0.15) is 0 Å². The van der Waals surface area contributed by atoms with E-state index < -0.39 is 20.8 Å². The number of likely N-dealkylation sites (N-methyl/N-ethyl adjacent to an activating group) is 2. The Morgan fingerprint density at radius 2 is 0.962 bits per heavy atom. The van der Waals surface area contributed by atoms with Gasteiger partial charge in [-0.05, 0) is 52.9 Å². The van der Waals surface area contributed by atoms with E-state index in [2.05, 4.69) is 161 Å². The van der Waals surface area contributed by atoms with E-state index in [0.717, 1.165) is 20.8 Å². The van der Waals surface area contributed by atoms with E-state index >= 15 is 0 Å². The highest BCUT2D eigenvalue weighted by Gasteiger charge is 2.18. The SMILES string of the molecule is CCCCC(CN(C)c1ccc(/C=C/c2cc[n+](C)cc2)cc1)N(C)c1ccc(/C=C/c2cc[n+](C)cc2)cc1.COS(=O)(=O)[O-].COS(=O)(=O)[O-]. The van der Waals surface area contributed by atoms with Gasteiger partial charge in [-0.1, -0.05) is 68.3 Å². The minimum absolute atomic E-state index is 0.426. The highest BCUT2D eigenvalue weighted by Crippen LogP contribution is 2.23. The molecule has 0 fully saturated rings. The molecule has 0 saturated carbocycles. The van der Waals surface area contributed by atoms with E-state index in [1.165, 1.54) is 52.9 Å². The molecule has 1 atom stereocenters. The first-order valence-electron chi connectivity index (χ1n) is 16.5. The van der Waals surface area contributed by atoms with Crippen molar-refractivity contribution in [2.45, 2.75) is 32.2 Å². The van der Waals surface area contributed by atoms with Crippen LogP contribution in [0.5, 0.6) is 0 Å². The Kier molecular flexibility index (Phi) is 18.3. The Morgan fingerprint density at radius 3 is 1.29 bits per heavy atom. The lowest BCUT2D eigenvalue weighted by Gasteiger charge is -2.34. The molecular formula is C38H50N4O8S2. The molecule has 0 saturated heterocycles. The van der Waals surface area contributed by atoms with Crippen LogP contribution in [0.2, 0.25) is 0 Å². The van der Waals surface area contributed by atoms with Crippen LogP contribution in [0.1, 0.15) is 48.4 Å². The molecule has 0 bridgehead atoms. The Balaban J connectivity index is 0.000000671. The van der Waals surface area contributed by atoms with E-state index in [9.17, 15) is 25.9 Å². The second-order valence-corrected chi connectivity index (χ2v) is 14.2. The van der Waals surface area contributed by atoms with Gasteiger partial charge in [-0.25, -0.2) is 26.0 Å². The van der Waals surface area contributed by atoms with Crippen molar-refractivity contribution in [3.63, 3.8) is 0 Å². The third-order valence-corrected chi connectivity index (χ3v) is 8.73. The number of rotatable bonds is 14. The molecule has 52 heavy (non-hydrogen) atoms. The molecule has 0 aliphatic carbocycles. The maximum atomic E-state index is 9.22. The minimum atomic E-state index is -4.41. The summed E-state index contributed by atoms with van der Waals surface area (Å²) in [5, 5.41) is 0. The Morgan fingerprint density at radius 1 is 0.635 bits per heavy atom. The summed E-state index contributed by atoms with van der Waals surface area (Å²) in [6, 6.07) is 26.7. The number of unbranched alkanes of at least 4 members (excludes halogenated alkanes) is 1. The fourth-order valence-corrected chi connectivity index (χ4v) is 4.77. The van der Waals surface area contributed by atoms with Crippen LogP contribution in [-0.4, -0.2) is 66.8 Å². The van der Waals surface area contributed by atoms with Crippen molar-refractivity contribution < 1.29 is 43.4 Å². The third kappa shape index (κ3) is 17.7. The van der Waals surface area contributed by atoms with E-state index in [4.69, 9.17) is 0 Å². The van der Waals surface area contributed by atoms with Crippen LogP contribution in [0, 0.1) is 0 Å². The van der Waals surface area contributed by atoms with Crippen LogP contribution in [0.25, 0.3) is 24.3 Å². The molecule has 4 rings (SSSR count). The molecule has 2 aromatic carbocycles. The lowest BCUT2D eigenvalue weighted by Crippen LogP contribution is -2.41. The topological polar surface area (TPSA) is 147 Å². The molecule has 0 N–H and O–H groups in total. The zero-order valence-corrected chi connectivity index (χ0v) is 32.5. The van der Waals surface area contributed by atoms with Crippen molar-refractivity contribution in [3.8, 4) is 0 Å². The van der Waals surface area contributed by atoms with Crippen LogP contribution >= 0.6 is 0 Å². The van der Waals surface area contributed by atoms with E-state index in [-0.39, 0.29) is 0 Å². The molecule has 282 valence electrons. The summed E-state index contributed by atoms with van der Waals surface area (Å²) in [5.74, 6) is 0. The van der Waals surface area contributed by atoms with Crippen LogP contribution < -0.4 is 18.9 Å². The number of pyridine rings is 2. The number of hydrogen-bond donors (Lipinski definition) is 0. The van der Waals surface area contributed by atoms with Crippen molar-refractivity contribution in [2.24, 2.45) is 14.1 Å². The second-order valence-electron chi connectivity index (χ2n) is 11.9. The van der Waals surface area contributed by atoms with Crippen molar-refractivity contribution in [3.05, 3.63) is 120 Å². The van der Waals surface area contributed by atoms with Crippen molar-refractivity contribution in [1.82, 2.24) is 0 Å². The second kappa shape index (κ2) is 21.8. The number of aryl methyl sites for hydroxylation is 2. The summed E-state index contributed by atoms with van der Waals surface area (Å²) in [5.41, 5.74) is 7.33. The van der Waals surface area contributed by atoms with Crippen molar-refractivity contribution in [2.75, 3.05) is 44.7 Å². The zero-order valence-electron chi connectivity index (χ0n) is 30.8. The monoisotopic (exact) mass is 754 g/mol. The molecule has 0 spiro atoms. The molecule has 2 aromatic heterocycles. The van der Waals surface area contributed by atoms with Crippen molar-refractivity contribution >= 4 is 56.5 Å². The van der Waals surface area contributed by atoms with Crippen LogP contribution in [-0.2, 0) is 43.3 Å². The molecular weight excluding hydrogens is 705 g/mol. The van der Waals surface area contributed by atoms with Crippen LogP contribution in [0.4, 0.5) is 11.4 Å². The van der Waals surface area contributed by atoms with Gasteiger partial charge in [0.15, 0.2) is 24.8 Å².